The highest BCUT2D eigenvalue weighted by molar-refractivity contribution is 5.92. The summed E-state index contributed by atoms with van der Waals surface area (Å²) in [6.45, 7) is 3.84. The number of rotatable bonds is 2. The topological polar surface area (TPSA) is 55.3 Å². The number of likely N-dealkylation sites (tertiary alicyclic amines) is 1. The van der Waals surface area contributed by atoms with Crippen molar-refractivity contribution in [3.63, 3.8) is 0 Å². The van der Waals surface area contributed by atoms with Crippen LogP contribution in [-0.4, -0.2) is 41.0 Å². The van der Waals surface area contributed by atoms with Crippen LogP contribution in [0.2, 0.25) is 0 Å². The van der Waals surface area contributed by atoms with Gasteiger partial charge in [0.25, 0.3) is 5.91 Å². The Labute approximate surface area is 101 Å². The summed E-state index contributed by atoms with van der Waals surface area (Å²) in [5.41, 5.74) is 0.409. The molecule has 92 valence electrons. The molecule has 1 aliphatic rings. The first-order valence-corrected chi connectivity index (χ1v) is 5.86. The van der Waals surface area contributed by atoms with Crippen molar-refractivity contribution in [2.75, 3.05) is 20.2 Å². The quantitative estimate of drug-likeness (QED) is 0.776. The van der Waals surface area contributed by atoms with Crippen LogP contribution in [0.3, 0.4) is 0 Å². The van der Waals surface area contributed by atoms with Crippen LogP contribution >= 0.6 is 0 Å². The number of carbonyl (C=O) groups is 1. The zero-order chi connectivity index (χ0) is 12.3. The minimum atomic E-state index is -0.0300. The number of nitrogens with zero attached hydrogens (tertiary/aromatic N) is 3. The van der Waals surface area contributed by atoms with Crippen LogP contribution in [0.4, 0.5) is 0 Å². The molecule has 0 unspecified atom stereocenters. The van der Waals surface area contributed by atoms with E-state index in [1.165, 1.54) is 13.4 Å². The van der Waals surface area contributed by atoms with Gasteiger partial charge in [0.1, 0.15) is 12.0 Å². The van der Waals surface area contributed by atoms with E-state index in [1.807, 2.05) is 4.90 Å². The largest absolute Gasteiger partial charge is 0.481 e. The van der Waals surface area contributed by atoms with Crippen LogP contribution in [0.15, 0.2) is 12.4 Å². The number of aromatic nitrogens is 2. The predicted molar refractivity (Wildman–Crippen MR) is 62.9 cm³/mol. The average Bonchev–Trinajstić information content (AvgIpc) is 2.39. The molecule has 1 aromatic heterocycles. The second-order valence-electron chi connectivity index (χ2n) is 4.42. The number of carbonyl (C=O) groups excluding carboxylic acids is 1. The molecule has 0 atom stereocenters. The maximum absolute atomic E-state index is 12.2. The van der Waals surface area contributed by atoms with E-state index in [9.17, 15) is 4.79 Å². The number of methoxy groups -OCH3 is 1. The van der Waals surface area contributed by atoms with Gasteiger partial charge in [-0.05, 0) is 18.8 Å². The highest BCUT2D eigenvalue weighted by Crippen LogP contribution is 2.18. The normalized spacial score (nSPS) is 16.9. The summed E-state index contributed by atoms with van der Waals surface area (Å²) in [6.07, 6.45) is 3.49. The Balaban J connectivity index is 2.08. The smallest absolute Gasteiger partial charge is 0.272 e. The van der Waals surface area contributed by atoms with Gasteiger partial charge in [0, 0.05) is 19.2 Å². The third kappa shape index (κ3) is 2.72. The second kappa shape index (κ2) is 5.12. The van der Waals surface area contributed by atoms with Gasteiger partial charge in [-0.2, -0.15) is 0 Å². The number of amides is 1. The molecule has 5 nitrogen and oxygen atoms in total. The van der Waals surface area contributed by atoms with Gasteiger partial charge in [-0.15, -0.1) is 0 Å². The van der Waals surface area contributed by atoms with Gasteiger partial charge >= 0.3 is 0 Å². The number of hydrogen-bond donors (Lipinski definition) is 0. The van der Waals surface area contributed by atoms with Crippen LogP contribution < -0.4 is 4.74 Å². The third-order valence-corrected chi connectivity index (χ3v) is 3.14. The zero-order valence-corrected chi connectivity index (χ0v) is 10.2. The summed E-state index contributed by atoms with van der Waals surface area (Å²) < 4.78 is 4.99. The molecule has 2 rings (SSSR count). The van der Waals surface area contributed by atoms with Crippen molar-refractivity contribution < 1.29 is 9.53 Å². The molecular formula is C12H17N3O2. The molecule has 1 amide bonds. The van der Waals surface area contributed by atoms with Gasteiger partial charge in [0.15, 0.2) is 0 Å². The molecule has 1 aromatic rings. The van der Waals surface area contributed by atoms with Crippen LogP contribution in [0.5, 0.6) is 5.88 Å². The van der Waals surface area contributed by atoms with Crippen molar-refractivity contribution in [1.82, 2.24) is 14.9 Å². The first kappa shape index (κ1) is 11.8. The fourth-order valence-electron chi connectivity index (χ4n) is 1.94. The summed E-state index contributed by atoms with van der Waals surface area (Å²) >= 11 is 0. The number of piperidine rings is 1. The van der Waals surface area contributed by atoms with Crippen LogP contribution in [0, 0.1) is 5.92 Å². The van der Waals surface area contributed by atoms with E-state index < -0.39 is 0 Å². The van der Waals surface area contributed by atoms with Crippen molar-refractivity contribution >= 4 is 5.91 Å². The molecule has 5 heteroatoms. The van der Waals surface area contributed by atoms with Gasteiger partial charge in [0.05, 0.1) is 7.11 Å². The van der Waals surface area contributed by atoms with E-state index >= 15 is 0 Å². The predicted octanol–water partition coefficient (Wildman–Crippen LogP) is 1.36. The lowest BCUT2D eigenvalue weighted by molar-refractivity contribution is 0.0690. The van der Waals surface area contributed by atoms with Crippen molar-refractivity contribution in [1.29, 1.82) is 0 Å². The molecule has 0 spiro atoms. The SMILES string of the molecule is COc1cc(C(=O)N2CCC(C)CC2)ncn1. The Morgan fingerprint density at radius 2 is 2.12 bits per heavy atom. The third-order valence-electron chi connectivity index (χ3n) is 3.14. The lowest BCUT2D eigenvalue weighted by Crippen LogP contribution is -2.38. The highest BCUT2D eigenvalue weighted by atomic mass is 16.5. The number of ether oxygens (including phenoxy) is 1. The van der Waals surface area contributed by atoms with Crippen molar-refractivity contribution in [3.8, 4) is 5.88 Å². The monoisotopic (exact) mass is 235 g/mol. The van der Waals surface area contributed by atoms with Crippen molar-refractivity contribution in [2.45, 2.75) is 19.8 Å². The average molecular weight is 235 g/mol. The molecule has 17 heavy (non-hydrogen) atoms. The Bertz CT molecular complexity index is 400. The molecule has 0 aliphatic carbocycles. The summed E-state index contributed by atoms with van der Waals surface area (Å²) in [5.74, 6) is 1.10. The number of hydrogen-bond acceptors (Lipinski definition) is 4. The first-order chi connectivity index (χ1) is 8.20. The molecule has 2 heterocycles. The Hall–Kier alpha value is -1.65. The van der Waals surface area contributed by atoms with Gasteiger partial charge in [-0.25, -0.2) is 9.97 Å². The van der Waals surface area contributed by atoms with Crippen LogP contribution in [-0.2, 0) is 0 Å². The van der Waals surface area contributed by atoms with E-state index in [2.05, 4.69) is 16.9 Å². The fourth-order valence-corrected chi connectivity index (χ4v) is 1.94. The van der Waals surface area contributed by atoms with E-state index in [0.29, 0.717) is 17.5 Å². The fraction of sp³-hybridized carbons (Fsp3) is 0.583. The summed E-state index contributed by atoms with van der Waals surface area (Å²) in [6, 6.07) is 1.58. The maximum atomic E-state index is 12.2. The minimum Gasteiger partial charge on any atom is -0.481 e. The van der Waals surface area contributed by atoms with E-state index in [0.717, 1.165) is 25.9 Å². The summed E-state index contributed by atoms with van der Waals surface area (Å²) in [4.78, 5) is 21.9. The minimum absolute atomic E-state index is 0.0300. The molecule has 0 aromatic carbocycles. The second-order valence-corrected chi connectivity index (χ2v) is 4.42. The molecular weight excluding hydrogens is 218 g/mol. The Morgan fingerprint density at radius 3 is 2.76 bits per heavy atom. The molecule has 0 radical (unpaired) electrons. The molecule has 0 N–H and O–H groups in total. The summed E-state index contributed by atoms with van der Waals surface area (Å²) in [5, 5.41) is 0. The lowest BCUT2D eigenvalue weighted by atomic mass is 9.99. The standard InChI is InChI=1S/C12H17N3O2/c1-9-3-5-15(6-4-9)12(16)10-7-11(17-2)14-8-13-10/h7-9H,3-6H2,1-2H3. The Kier molecular flexibility index (Phi) is 3.56. The molecule has 0 saturated carbocycles. The maximum Gasteiger partial charge on any atom is 0.272 e. The van der Waals surface area contributed by atoms with E-state index in [1.54, 1.807) is 6.07 Å². The van der Waals surface area contributed by atoms with Gasteiger partial charge in [-0.3, -0.25) is 4.79 Å². The lowest BCUT2D eigenvalue weighted by Gasteiger charge is -2.29. The first-order valence-electron chi connectivity index (χ1n) is 5.86. The molecule has 0 bridgehead atoms. The van der Waals surface area contributed by atoms with Crippen molar-refractivity contribution in [2.24, 2.45) is 5.92 Å². The van der Waals surface area contributed by atoms with Crippen LogP contribution in [0.25, 0.3) is 0 Å². The van der Waals surface area contributed by atoms with Gasteiger partial charge in [-0.1, -0.05) is 6.92 Å². The Morgan fingerprint density at radius 1 is 1.41 bits per heavy atom. The molecule has 1 fully saturated rings. The van der Waals surface area contributed by atoms with E-state index in [-0.39, 0.29) is 5.91 Å². The van der Waals surface area contributed by atoms with Crippen LogP contribution in [0.1, 0.15) is 30.3 Å². The van der Waals surface area contributed by atoms with Gasteiger partial charge < -0.3 is 9.64 Å². The highest BCUT2D eigenvalue weighted by Gasteiger charge is 2.22. The van der Waals surface area contributed by atoms with E-state index in [4.69, 9.17) is 4.74 Å². The van der Waals surface area contributed by atoms with Crippen molar-refractivity contribution in [3.05, 3.63) is 18.1 Å². The molecule has 1 saturated heterocycles. The zero-order valence-electron chi connectivity index (χ0n) is 10.2. The molecule has 1 aliphatic heterocycles. The van der Waals surface area contributed by atoms with Gasteiger partial charge in [0.2, 0.25) is 5.88 Å². The summed E-state index contributed by atoms with van der Waals surface area (Å²) in [7, 11) is 1.53.